The number of rotatable bonds is 6. The molecule has 1 heterocycles. The van der Waals surface area contributed by atoms with Gasteiger partial charge < -0.3 is 5.41 Å². The highest BCUT2D eigenvalue weighted by molar-refractivity contribution is 5.77. The number of hydrogen-bond acceptors (Lipinski definition) is 3. The molecule has 2 aromatic carbocycles. The van der Waals surface area contributed by atoms with Crippen molar-refractivity contribution >= 4 is 6.21 Å². The van der Waals surface area contributed by atoms with E-state index in [0.717, 1.165) is 47.5 Å². The Labute approximate surface area is 136 Å². The summed E-state index contributed by atoms with van der Waals surface area (Å²) in [6.07, 6.45) is 5.86. The average Bonchev–Trinajstić information content (AvgIpc) is 2.63. The second-order valence-electron chi connectivity index (χ2n) is 5.39. The van der Waals surface area contributed by atoms with Gasteiger partial charge in [-0.1, -0.05) is 60.7 Å². The Morgan fingerprint density at radius 2 is 1.43 bits per heavy atom. The minimum absolute atomic E-state index is 0.781. The number of aromatic nitrogens is 2. The zero-order valence-electron chi connectivity index (χ0n) is 12.9. The van der Waals surface area contributed by atoms with E-state index in [4.69, 9.17) is 10.4 Å². The summed E-state index contributed by atoms with van der Waals surface area (Å²) < 4.78 is 0. The summed E-state index contributed by atoms with van der Waals surface area (Å²) in [5.41, 5.74) is 4.96. The van der Waals surface area contributed by atoms with E-state index in [2.05, 4.69) is 29.2 Å². The van der Waals surface area contributed by atoms with Gasteiger partial charge in [0.25, 0.3) is 0 Å². The van der Waals surface area contributed by atoms with Crippen molar-refractivity contribution in [1.29, 1.82) is 5.41 Å². The second kappa shape index (κ2) is 7.45. The van der Waals surface area contributed by atoms with Crippen LogP contribution in [0, 0.1) is 5.41 Å². The van der Waals surface area contributed by atoms with Crippen LogP contribution in [0.2, 0.25) is 0 Å². The van der Waals surface area contributed by atoms with Crippen LogP contribution in [0.5, 0.6) is 0 Å². The number of unbranched alkanes of at least 4 members (excludes halogenated alkanes) is 1. The molecule has 0 saturated heterocycles. The summed E-state index contributed by atoms with van der Waals surface area (Å²) >= 11 is 0. The standard InChI is InChI=1S/C20H19N3/c21-14-8-7-13-18-15-22-19(16-9-3-1-4-10-16)20(23-18)17-11-5-2-6-12-17/h1-6,9-12,14-15,21H,7-8,13H2. The maximum Gasteiger partial charge on any atom is 0.0968 e. The maximum atomic E-state index is 7.13. The smallest absolute Gasteiger partial charge is 0.0968 e. The highest BCUT2D eigenvalue weighted by Crippen LogP contribution is 2.28. The molecule has 3 heteroatoms. The molecular formula is C20H19N3. The van der Waals surface area contributed by atoms with Crippen molar-refractivity contribution in [1.82, 2.24) is 9.97 Å². The molecular weight excluding hydrogens is 282 g/mol. The van der Waals surface area contributed by atoms with E-state index in [-0.39, 0.29) is 0 Å². The highest BCUT2D eigenvalue weighted by Gasteiger charge is 2.11. The molecule has 0 aliphatic rings. The van der Waals surface area contributed by atoms with Crippen LogP contribution in [0.1, 0.15) is 18.5 Å². The SMILES string of the molecule is N=CCCCc1cnc(-c2ccccc2)c(-c2ccccc2)n1. The quantitative estimate of drug-likeness (QED) is 0.526. The van der Waals surface area contributed by atoms with Gasteiger partial charge in [-0.25, -0.2) is 4.98 Å². The molecule has 0 bridgehead atoms. The van der Waals surface area contributed by atoms with Gasteiger partial charge in [0.2, 0.25) is 0 Å². The van der Waals surface area contributed by atoms with Gasteiger partial charge in [-0.15, -0.1) is 0 Å². The van der Waals surface area contributed by atoms with E-state index in [1.54, 1.807) is 0 Å². The van der Waals surface area contributed by atoms with Gasteiger partial charge >= 0.3 is 0 Å². The molecule has 1 N–H and O–H groups in total. The molecule has 0 saturated carbocycles. The Morgan fingerprint density at radius 1 is 0.826 bits per heavy atom. The van der Waals surface area contributed by atoms with Crippen LogP contribution in [-0.4, -0.2) is 16.2 Å². The molecule has 0 radical (unpaired) electrons. The van der Waals surface area contributed by atoms with Crippen molar-refractivity contribution in [2.75, 3.05) is 0 Å². The fraction of sp³-hybridized carbons (Fsp3) is 0.150. The van der Waals surface area contributed by atoms with Gasteiger partial charge in [0.05, 0.1) is 17.1 Å². The molecule has 3 rings (SSSR count). The first-order chi connectivity index (χ1) is 11.4. The highest BCUT2D eigenvalue weighted by atomic mass is 14.8. The van der Waals surface area contributed by atoms with E-state index in [0.29, 0.717) is 0 Å². The number of benzene rings is 2. The van der Waals surface area contributed by atoms with E-state index in [1.165, 1.54) is 6.21 Å². The Bertz CT molecular complexity index is 767. The van der Waals surface area contributed by atoms with Crippen molar-refractivity contribution in [2.45, 2.75) is 19.3 Å². The summed E-state index contributed by atoms with van der Waals surface area (Å²) in [5.74, 6) is 0. The normalized spacial score (nSPS) is 10.4. The molecule has 0 aliphatic heterocycles. The van der Waals surface area contributed by atoms with Crippen molar-refractivity contribution < 1.29 is 0 Å². The summed E-state index contributed by atoms with van der Waals surface area (Å²) in [4.78, 5) is 9.54. The van der Waals surface area contributed by atoms with Gasteiger partial charge in [0.1, 0.15) is 0 Å². The monoisotopic (exact) mass is 301 g/mol. The fourth-order valence-corrected chi connectivity index (χ4v) is 2.54. The van der Waals surface area contributed by atoms with Crippen LogP contribution in [0.25, 0.3) is 22.5 Å². The van der Waals surface area contributed by atoms with E-state index in [9.17, 15) is 0 Å². The van der Waals surface area contributed by atoms with Crippen LogP contribution in [0.15, 0.2) is 66.9 Å². The van der Waals surface area contributed by atoms with Crippen LogP contribution in [0.3, 0.4) is 0 Å². The van der Waals surface area contributed by atoms with E-state index >= 15 is 0 Å². The van der Waals surface area contributed by atoms with Gasteiger partial charge in [0.15, 0.2) is 0 Å². The van der Waals surface area contributed by atoms with Gasteiger partial charge in [-0.3, -0.25) is 4.98 Å². The van der Waals surface area contributed by atoms with Gasteiger partial charge in [-0.05, 0) is 25.5 Å². The number of nitrogens with zero attached hydrogens (tertiary/aromatic N) is 2. The first-order valence-electron chi connectivity index (χ1n) is 7.84. The molecule has 1 aromatic heterocycles. The molecule has 0 amide bonds. The minimum Gasteiger partial charge on any atom is -0.313 e. The summed E-state index contributed by atoms with van der Waals surface area (Å²) in [7, 11) is 0. The van der Waals surface area contributed by atoms with E-state index < -0.39 is 0 Å². The van der Waals surface area contributed by atoms with Crippen molar-refractivity contribution in [3.05, 3.63) is 72.6 Å². The van der Waals surface area contributed by atoms with Crippen molar-refractivity contribution in [3.8, 4) is 22.5 Å². The Morgan fingerprint density at radius 3 is 2.04 bits per heavy atom. The second-order valence-corrected chi connectivity index (χ2v) is 5.39. The lowest BCUT2D eigenvalue weighted by Gasteiger charge is -2.10. The van der Waals surface area contributed by atoms with Crippen LogP contribution in [-0.2, 0) is 6.42 Å². The molecule has 0 fully saturated rings. The first-order valence-corrected chi connectivity index (χ1v) is 7.84. The van der Waals surface area contributed by atoms with Crippen LogP contribution < -0.4 is 0 Å². The third-order valence-corrected chi connectivity index (χ3v) is 3.70. The van der Waals surface area contributed by atoms with E-state index in [1.807, 2.05) is 42.6 Å². The van der Waals surface area contributed by atoms with Crippen molar-refractivity contribution in [3.63, 3.8) is 0 Å². The Kier molecular flexibility index (Phi) is 4.89. The first kappa shape index (κ1) is 15.1. The maximum absolute atomic E-state index is 7.13. The summed E-state index contributed by atoms with van der Waals surface area (Å²) in [6, 6.07) is 20.3. The molecule has 0 aliphatic carbocycles. The summed E-state index contributed by atoms with van der Waals surface area (Å²) in [5, 5.41) is 7.13. The largest absolute Gasteiger partial charge is 0.313 e. The summed E-state index contributed by atoms with van der Waals surface area (Å²) in [6.45, 7) is 0. The Hall–Kier alpha value is -2.81. The lowest BCUT2D eigenvalue weighted by molar-refractivity contribution is 0.836. The lowest BCUT2D eigenvalue weighted by atomic mass is 10.0. The topological polar surface area (TPSA) is 49.6 Å². The number of nitrogens with one attached hydrogen (secondary N) is 1. The average molecular weight is 301 g/mol. The molecule has 0 spiro atoms. The molecule has 0 atom stereocenters. The fourth-order valence-electron chi connectivity index (χ4n) is 2.54. The Balaban J connectivity index is 2.03. The van der Waals surface area contributed by atoms with Crippen LogP contribution in [0.4, 0.5) is 0 Å². The van der Waals surface area contributed by atoms with Gasteiger partial charge in [-0.2, -0.15) is 0 Å². The third-order valence-electron chi connectivity index (χ3n) is 3.70. The predicted octanol–water partition coefficient (Wildman–Crippen LogP) is 4.78. The molecule has 23 heavy (non-hydrogen) atoms. The molecule has 0 unspecified atom stereocenters. The zero-order chi connectivity index (χ0) is 15.9. The minimum atomic E-state index is 0.781. The predicted molar refractivity (Wildman–Crippen MR) is 94.6 cm³/mol. The van der Waals surface area contributed by atoms with Crippen molar-refractivity contribution in [2.24, 2.45) is 0 Å². The lowest BCUT2D eigenvalue weighted by Crippen LogP contribution is -1.99. The molecule has 114 valence electrons. The molecule has 3 nitrogen and oxygen atoms in total. The van der Waals surface area contributed by atoms with Gasteiger partial charge in [0, 0.05) is 17.3 Å². The number of aryl methyl sites for hydroxylation is 1. The zero-order valence-corrected chi connectivity index (χ0v) is 12.9. The van der Waals surface area contributed by atoms with Crippen LogP contribution >= 0.6 is 0 Å². The third kappa shape index (κ3) is 3.69. The number of hydrogen-bond donors (Lipinski definition) is 1. The molecule has 3 aromatic rings.